The molecule has 0 radical (unpaired) electrons. The fourth-order valence-corrected chi connectivity index (χ4v) is 2.79. The minimum Gasteiger partial charge on any atom is -0.454 e. The molecular weight excluding hydrogens is 274 g/mol. The van der Waals surface area contributed by atoms with Crippen molar-refractivity contribution in [2.24, 2.45) is 0 Å². The van der Waals surface area contributed by atoms with Crippen LogP contribution in [-0.4, -0.2) is 36.9 Å². The van der Waals surface area contributed by atoms with Crippen LogP contribution in [-0.2, 0) is 15.1 Å². The summed E-state index contributed by atoms with van der Waals surface area (Å²) in [4.78, 5) is 14.3. The highest BCUT2D eigenvalue weighted by Gasteiger charge is 2.38. The molecule has 0 aliphatic carbocycles. The number of hydrogen-bond donors (Lipinski definition) is 0. The number of ether oxygens (including phenoxy) is 1. The van der Waals surface area contributed by atoms with Gasteiger partial charge in [0.2, 0.25) is 0 Å². The summed E-state index contributed by atoms with van der Waals surface area (Å²) >= 11 is 5.64. The van der Waals surface area contributed by atoms with Crippen molar-refractivity contribution in [1.29, 1.82) is 0 Å². The first kappa shape index (κ1) is 15.3. The van der Waals surface area contributed by atoms with E-state index in [1.165, 1.54) is 0 Å². The molecule has 1 heterocycles. The quantitative estimate of drug-likeness (QED) is 0.617. The Bertz CT molecular complexity index is 427. The lowest BCUT2D eigenvalue weighted by atomic mass is 9.84. The zero-order valence-corrected chi connectivity index (χ0v) is 12.7. The smallest absolute Gasteiger partial charge is 0.306 e. The predicted octanol–water partition coefficient (Wildman–Crippen LogP) is 3.17. The summed E-state index contributed by atoms with van der Waals surface area (Å²) in [6, 6.07) is 10.1. The number of nitrogens with zero attached hydrogens (tertiary/aromatic N) is 1. The van der Waals surface area contributed by atoms with Gasteiger partial charge in [-0.1, -0.05) is 30.3 Å². The second-order valence-corrected chi connectivity index (χ2v) is 5.81. The molecule has 1 fully saturated rings. The van der Waals surface area contributed by atoms with Crippen molar-refractivity contribution in [2.45, 2.75) is 31.3 Å². The number of benzene rings is 1. The van der Waals surface area contributed by atoms with Crippen molar-refractivity contribution in [1.82, 2.24) is 4.90 Å². The Kier molecular flexibility index (Phi) is 5.44. The van der Waals surface area contributed by atoms with Gasteiger partial charge < -0.3 is 9.64 Å². The van der Waals surface area contributed by atoms with E-state index in [0.29, 0.717) is 18.7 Å². The van der Waals surface area contributed by atoms with Gasteiger partial charge in [-0.25, -0.2) is 0 Å². The minimum absolute atomic E-state index is 0.140. The van der Waals surface area contributed by atoms with Crippen molar-refractivity contribution >= 4 is 17.6 Å². The molecule has 110 valence electrons. The molecule has 1 aromatic carbocycles. The van der Waals surface area contributed by atoms with Gasteiger partial charge in [0.05, 0.1) is 0 Å². The first-order valence-electron chi connectivity index (χ1n) is 7.18. The number of piperidine rings is 1. The number of halogens is 1. The van der Waals surface area contributed by atoms with Crippen molar-refractivity contribution < 1.29 is 9.53 Å². The van der Waals surface area contributed by atoms with Crippen molar-refractivity contribution in [3.05, 3.63) is 35.9 Å². The van der Waals surface area contributed by atoms with Gasteiger partial charge in [0.1, 0.15) is 5.60 Å². The van der Waals surface area contributed by atoms with Gasteiger partial charge in [-0.05, 0) is 19.0 Å². The molecule has 0 spiro atoms. The minimum atomic E-state index is -0.461. The fourth-order valence-electron chi connectivity index (χ4n) is 2.65. The third kappa shape index (κ3) is 3.74. The number of alkyl halides is 1. The number of rotatable bonds is 5. The molecule has 0 unspecified atom stereocenters. The molecule has 1 aliphatic rings. The third-order valence-electron chi connectivity index (χ3n) is 3.92. The van der Waals surface area contributed by atoms with E-state index < -0.39 is 5.60 Å². The Balaban J connectivity index is 2.15. The van der Waals surface area contributed by atoms with E-state index in [4.69, 9.17) is 16.3 Å². The summed E-state index contributed by atoms with van der Waals surface area (Å²) in [6.45, 7) is 1.88. The monoisotopic (exact) mass is 295 g/mol. The number of carbonyl (C=O) groups is 1. The maximum Gasteiger partial charge on any atom is 0.306 e. The zero-order chi connectivity index (χ0) is 14.4. The maximum atomic E-state index is 12.0. The summed E-state index contributed by atoms with van der Waals surface area (Å²) in [6.07, 6.45) is 2.76. The molecule has 3 nitrogen and oxygen atoms in total. The van der Waals surface area contributed by atoms with Gasteiger partial charge in [0.25, 0.3) is 0 Å². The molecule has 1 aliphatic heterocycles. The van der Waals surface area contributed by atoms with E-state index in [-0.39, 0.29) is 5.97 Å². The van der Waals surface area contributed by atoms with Gasteiger partial charge in [-0.2, -0.15) is 0 Å². The number of hydrogen-bond acceptors (Lipinski definition) is 3. The summed E-state index contributed by atoms with van der Waals surface area (Å²) in [5.41, 5.74) is 0.643. The largest absolute Gasteiger partial charge is 0.454 e. The maximum absolute atomic E-state index is 12.0. The summed E-state index contributed by atoms with van der Waals surface area (Å²) in [5.74, 6) is 0.356. The van der Waals surface area contributed by atoms with E-state index in [1.807, 2.05) is 18.2 Å². The van der Waals surface area contributed by atoms with E-state index in [9.17, 15) is 4.79 Å². The first-order chi connectivity index (χ1) is 9.66. The Morgan fingerprint density at radius 1 is 1.30 bits per heavy atom. The first-order valence-corrected chi connectivity index (χ1v) is 7.72. The topological polar surface area (TPSA) is 29.5 Å². The van der Waals surface area contributed by atoms with Crippen LogP contribution in [0, 0.1) is 0 Å². The lowest BCUT2D eigenvalue weighted by Gasteiger charge is -2.40. The zero-order valence-electron chi connectivity index (χ0n) is 12.0. The third-order valence-corrected chi connectivity index (χ3v) is 4.19. The van der Waals surface area contributed by atoms with Gasteiger partial charge in [-0.3, -0.25) is 4.79 Å². The molecule has 0 aromatic heterocycles. The second-order valence-electron chi connectivity index (χ2n) is 5.43. The van der Waals surface area contributed by atoms with Crippen LogP contribution >= 0.6 is 11.6 Å². The van der Waals surface area contributed by atoms with E-state index in [2.05, 4.69) is 24.1 Å². The summed E-state index contributed by atoms with van der Waals surface area (Å²) in [5, 5.41) is 0. The van der Waals surface area contributed by atoms with Crippen LogP contribution in [0.25, 0.3) is 0 Å². The van der Waals surface area contributed by atoms with Gasteiger partial charge in [0.15, 0.2) is 0 Å². The van der Waals surface area contributed by atoms with Gasteiger partial charge >= 0.3 is 5.97 Å². The molecule has 1 saturated heterocycles. The van der Waals surface area contributed by atoms with Gasteiger partial charge in [-0.15, -0.1) is 11.6 Å². The van der Waals surface area contributed by atoms with E-state index in [1.54, 1.807) is 0 Å². The fraction of sp³-hybridized carbons (Fsp3) is 0.562. The second kappa shape index (κ2) is 7.09. The van der Waals surface area contributed by atoms with Crippen LogP contribution in [0.4, 0.5) is 0 Å². The van der Waals surface area contributed by atoms with Crippen molar-refractivity contribution in [2.75, 3.05) is 26.0 Å². The highest BCUT2D eigenvalue weighted by Crippen LogP contribution is 2.36. The predicted molar refractivity (Wildman–Crippen MR) is 80.9 cm³/mol. The summed E-state index contributed by atoms with van der Waals surface area (Å²) in [7, 11) is 2.10. The Labute approximate surface area is 125 Å². The van der Waals surface area contributed by atoms with Crippen molar-refractivity contribution in [3.63, 3.8) is 0 Å². The molecule has 0 amide bonds. The number of likely N-dealkylation sites (tertiary alicyclic amines) is 1. The normalized spacial score (nSPS) is 18.7. The number of esters is 1. The molecule has 20 heavy (non-hydrogen) atoms. The van der Waals surface area contributed by atoms with Crippen LogP contribution in [0.3, 0.4) is 0 Å². The molecule has 4 heteroatoms. The average Bonchev–Trinajstić information content (AvgIpc) is 2.49. The standard InChI is InChI=1S/C16H22ClNO2/c1-18-12-9-16(10-13-18,14-6-3-2-4-7-14)20-15(19)8-5-11-17/h2-4,6-7H,5,8-13H2,1H3. The highest BCUT2D eigenvalue weighted by atomic mass is 35.5. The lowest BCUT2D eigenvalue weighted by Crippen LogP contribution is -2.43. The van der Waals surface area contributed by atoms with Crippen LogP contribution < -0.4 is 0 Å². The average molecular weight is 296 g/mol. The summed E-state index contributed by atoms with van der Waals surface area (Å²) < 4.78 is 5.89. The van der Waals surface area contributed by atoms with E-state index >= 15 is 0 Å². The molecule has 0 bridgehead atoms. The van der Waals surface area contributed by atoms with Crippen LogP contribution in [0.5, 0.6) is 0 Å². The van der Waals surface area contributed by atoms with Crippen molar-refractivity contribution in [3.8, 4) is 0 Å². The van der Waals surface area contributed by atoms with Crippen LogP contribution in [0.15, 0.2) is 30.3 Å². The SMILES string of the molecule is CN1CCC(OC(=O)CCCCl)(c2ccccc2)CC1. The highest BCUT2D eigenvalue weighted by molar-refractivity contribution is 6.17. The van der Waals surface area contributed by atoms with E-state index in [0.717, 1.165) is 31.5 Å². The van der Waals surface area contributed by atoms with Crippen LogP contribution in [0.1, 0.15) is 31.2 Å². The Morgan fingerprint density at radius 2 is 1.95 bits per heavy atom. The Hall–Kier alpha value is -1.06. The molecule has 0 saturated carbocycles. The molecular formula is C16H22ClNO2. The molecule has 2 rings (SSSR count). The number of carbonyl (C=O) groups excluding carboxylic acids is 1. The van der Waals surface area contributed by atoms with Gasteiger partial charge in [0, 0.05) is 38.2 Å². The Morgan fingerprint density at radius 3 is 2.55 bits per heavy atom. The lowest BCUT2D eigenvalue weighted by molar-refractivity contribution is -0.166. The van der Waals surface area contributed by atoms with Crippen LogP contribution in [0.2, 0.25) is 0 Å². The molecule has 0 atom stereocenters. The molecule has 1 aromatic rings. The molecule has 0 N–H and O–H groups in total.